The Balaban J connectivity index is 1.17. The van der Waals surface area contributed by atoms with E-state index in [2.05, 4.69) is 41.8 Å². The molecule has 0 radical (unpaired) electrons. The normalized spacial score (nSPS) is 13.7. The highest BCUT2D eigenvalue weighted by atomic mass is 16.6. The van der Waals surface area contributed by atoms with Gasteiger partial charge in [-0.15, -0.1) is 0 Å². The number of ether oxygens (including phenoxy) is 1. The molecular formula is C39H60N2O5. The lowest BCUT2D eigenvalue weighted by Crippen LogP contribution is -2.45. The predicted octanol–water partition coefficient (Wildman–Crippen LogP) is 8.68. The van der Waals surface area contributed by atoms with Crippen molar-refractivity contribution in [2.45, 2.75) is 147 Å². The number of rotatable bonds is 27. The Morgan fingerprint density at radius 3 is 1.74 bits per heavy atom. The van der Waals surface area contributed by atoms with Crippen molar-refractivity contribution < 1.29 is 24.5 Å². The van der Waals surface area contributed by atoms with Crippen molar-refractivity contribution in [3.8, 4) is 11.1 Å². The summed E-state index contributed by atoms with van der Waals surface area (Å²) in [5.41, 5.74) is 4.62. The van der Waals surface area contributed by atoms with Gasteiger partial charge in [0.15, 0.2) is 0 Å². The van der Waals surface area contributed by atoms with Gasteiger partial charge in [-0.1, -0.05) is 145 Å². The van der Waals surface area contributed by atoms with Gasteiger partial charge in [0.2, 0.25) is 12.3 Å². The van der Waals surface area contributed by atoms with Gasteiger partial charge in [0.05, 0.1) is 6.61 Å². The van der Waals surface area contributed by atoms with Crippen LogP contribution in [-0.4, -0.2) is 47.7 Å². The van der Waals surface area contributed by atoms with Crippen molar-refractivity contribution in [1.29, 1.82) is 0 Å². The molecule has 0 aliphatic heterocycles. The number of carboxylic acid groups (broad SMARTS) is 1. The number of aliphatic carboxylic acids is 1. The Labute approximate surface area is 277 Å². The Hall–Kier alpha value is -2.74. The zero-order chi connectivity index (χ0) is 32.8. The van der Waals surface area contributed by atoms with Crippen LogP contribution in [0.15, 0.2) is 48.5 Å². The van der Waals surface area contributed by atoms with Crippen molar-refractivity contribution in [3.05, 3.63) is 59.7 Å². The van der Waals surface area contributed by atoms with Crippen molar-refractivity contribution >= 4 is 11.9 Å². The number of benzene rings is 2. The molecule has 0 saturated heterocycles. The lowest BCUT2D eigenvalue weighted by molar-refractivity contribution is -0.152. The molecule has 46 heavy (non-hydrogen) atoms. The summed E-state index contributed by atoms with van der Waals surface area (Å²) in [6.07, 6.45) is 20.4. The minimum Gasteiger partial charge on any atom is -0.480 e. The molecule has 0 spiro atoms. The largest absolute Gasteiger partial charge is 0.480 e. The monoisotopic (exact) mass is 636 g/mol. The van der Waals surface area contributed by atoms with Gasteiger partial charge in [0, 0.05) is 18.9 Å². The lowest BCUT2D eigenvalue weighted by Gasteiger charge is -2.22. The second-order valence-electron chi connectivity index (χ2n) is 13.0. The SMILES string of the molecule is CCCCCCCCCCCCCCCCCC(=O)NCCCC[C@H](NC(O)OCC1c2ccccc2-c2ccccc21)C(=O)O. The fourth-order valence-corrected chi connectivity index (χ4v) is 6.57. The molecule has 0 bridgehead atoms. The van der Waals surface area contributed by atoms with E-state index in [1.54, 1.807) is 0 Å². The molecule has 0 fully saturated rings. The fourth-order valence-electron chi connectivity index (χ4n) is 6.57. The van der Waals surface area contributed by atoms with Crippen LogP contribution < -0.4 is 10.6 Å². The highest BCUT2D eigenvalue weighted by Gasteiger charge is 2.29. The van der Waals surface area contributed by atoms with Crippen LogP contribution in [0.25, 0.3) is 11.1 Å². The topological polar surface area (TPSA) is 108 Å². The number of hydrogen-bond donors (Lipinski definition) is 4. The molecule has 0 heterocycles. The van der Waals surface area contributed by atoms with E-state index in [0.29, 0.717) is 32.2 Å². The zero-order valence-corrected chi connectivity index (χ0v) is 28.3. The molecule has 1 aliphatic rings. The Morgan fingerprint density at radius 1 is 0.717 bits per heavy atom. The van der Waals surface area contributed by atoms with Gasteiger partial charge in [-0.05, 0) is 47.9 Å². The van der Waals surface area contributed by atoms with E-state index in [1.165, 1.54) is 94.6 Å². The number of carbonyl (C=O) groups excluding carboxylic acids is 1. The van der Waals surface area contributed by atoms with Gasteiger partial charge in [0.25, 0.3) is 0 Å². The Morgan fingerprint density at radius 2 is 1.22 bits per heavy atom. The first-order valence-corrected chi connectivity index (χ1v) is 18.2. The minimum atomic E-state index is -1.39. The number of unbranched alkanes of at least 4 members (excludes halogenated alkanes) is 15. The third-order valence-electron chi connectivity index (χ3n) is 9.27. The van der Waals surface area contributed by atoms with E-state index in [0.717, 1.165) is 24.0 Å². The number of amides is 1. The van der Waals surface area contributed by atoms with Crippen LogP contribution in [0, 0.1) is 0 Å². The quantitative estimate of drug-likeness (QED) is 0.0577. The molecule has 2 atom stereocenters. The van der Waals surface area contributed by atoms with Gasteiger partial charge in [-0.25, -0.2) is 0 Å². The molecule has 1 aliphatic carbocycles. The first kappa shape index (κ1) is 37.7. The maximum absolute atomic E-state index is 12.2. The van der Waals surface area contributed by atoms with Crippen molar-refractivity contribution in [3.63, 3.8) is 0 Å². The van der Waals surface area contributed by atoms with Crippen LogP contribution in [0.4, 0.5) is 0 Å². The Bertz CT molecular complexity index is 1090. The number of carbonyl (C=O) groups is 2. The maximum atomic E-state index is 12.2. The summed E-state index contributed by atoms with van der Waals surface area (Å²) < 4.78 is 5.71. The van der Waals surface area contributed by atoms with E-state index in [9.17, 15) is 19.8 Å². The Kier molecular flexibility index (Phi) is 18.6. The molecule has 1 amide bonds. The fraction of sp³-hybridized carbons (Fsp3) is 0.641. The molecule has 2 aromatic carbocycles. The number of carboxylic acids is 1. The number of nitrogens with one attached hydrogen (secondary N) is 2. The lowest BCUT2D eigenvalue weighted by atomic mass is 9.98. The van der Waals surface area contributed by atoms with Crippen LogP contribution in [-0.2, 0) is 14.3 Å². The highest BCUT2D eigenvalue weighted by Crippen LogP contribution is 2.44. The summed E-state index contributed by atoms with van der Waals surface area (Å²) in [4.78, 5) is 24.0. The number of aliphatic hydroxyl groups is 1. The van der Waals surface area contributed by atoms with Crippen molar-refractivity contribution in [2.24, 2.45) is 0 Å². The van der Waals surface area contributed by atoms with Gasteiger partial charge >= 0.3 is 5.97 Å². The highest BCUT2D eigenvalue weighted by molar-refractivity contribution is 5.78. The van der Waals surface area contributed by atoms with Gasteiger partial charge in [-0.3, -0.25) is 14.9 Å². The minimum absolute atomic E-state index is 0.0230. The first-order valence-electron chi connectivity index (χ1n) is 18.2. The van der Waals surface area contributed by atoms with Crippen LogP contribution in [0.1, 0.15) is 146 Å². The number of hydrogen-bond acceptors (Lipinski definition) is 5. The molecule has 3 rings (SSSR count). The third kappa shape index (κ3) is 13.9. The summed E-state index contributed by atoms with van der Waals surface area (Å²) in [6, 6.07) is 15.4. The second kappa shape index (κ2) is 22.7. The summed E-state index contributed by atoms with van der Waals surface area (Å²) in [7, 11) is 0. The molecular weight excluding hydrogens is 576 g/mol. The summed E-state index contributed by atoms with van der Waals surface area (Å²) in [5.74, 6) is -0.983. The second-order valence-corrected chi connectivity index (χ2v) is 13.0. The standard InChI is InChI=1S/C39H60N2O5/c1-2-3-4-5-6-7-8-9-10-11-12-13-14-15-16-28-37(42)40-29-22-21-27-36(38(43)44)41-39(45)46-30-35-33-25-19-17-23-31(33)32-24-18-20-26-34(32)35/h17-20,23-26,35-36,39,41,45H,2-16,21-22,27-30H2,1H3,(H,40,42)(H,43,44)/t36-,39?/m0/s1. The molecule has 7 nitrogen and oxygen atoms in total. The van der Waals surface area contributed by atoms with Gasteiger partial charge in [0.1, 0.15) is 6.04 Å². The first-order chi connectivity index (χ1) is 22.5. The van der Waals surface area contributed by atoms with E-state index in [4.69, 9.17) is 4.74 Å². The third-order valence-corrected chi connectivity index (χ3v) is 9.27. The van der Waals surface area contributed by atoms with Crippen molar-refractivity contribution in [2.75, 3.05) is 13.2 Å². The molecule has 1 unspecified atom stereocenters. The molecule has 256 valence electrons. The van der Waals surface area contributed by atoms with Crippen LogP contribution in [0.3, 0.4) is 0 Å². The van der Waals surface area contributed by atoms with E-state index in [1.807, 2.05) is 24.3 Å². The average molecular weight is 637 g/mol. The molecule has 2 aromatic rings. The van der Waals surface area contributed by atoms with Gasteiger partial charge in [-0.2, -0.15) is 0 Å². The zero-order valence-electron chi connectivity index (χ0n) is 28.3. The van der Waals surface area contributed by atoms with Crippen molar-refractivity contribution in [1.82, 2.24) is 10.6 Å². The summed E-state index contributed by atoms with van der Waals surface area (Å²) >= 11 is 0. The average Bonchev–Trinajstić information content (AvgIpc) is 3.38. The molecule has 0 aromatic heterocycles. The van der Waals surface area contributed by atoms with Crippen LogP contribution in [0.5, 0.6) is 0 Å². The van der Waals surface area contributed by atoms with E-state index < -0.39 is 18.4 Å². The van der Waals surface area contributed by atoms with Crippen LogP contribution >= 0.6 is 0 Å². The number of fused-ring (bicyclic) bond motifs is 3. The maximum Gasteiger partial charge on any atom is 0.320 e. The summed E-state index contributed by atoms with van der Waals surface area (Å²) in [6.45, 7) is 3.04. The number of aliphatic hydroxyl groups excluding tert-OH is 1. The smallest absolute Gasteiger partial charge is 0.320 e. The molecule has 0 saturated carbocycles. The van der Waals surface area contributed by atoms with Gasteiger partial charge < -0.3 is 20.3 Å². The van der Waals surface area contributed by atoms with E-state index in [-0.39, 0.29) is 18.4 Å². The predicted molar refractivity (Wildman–Crippen MR) is 187 cm³/mol. The molecule has 4 N–H and O–H groups in total. The molecule has 7 heteroatoms. The van der Waals surface area contributed by atoms with Crippen LogP contribution in [0.2, 0.25) is 0 Å². The van der Waals surface area contributed by atoms with E-state index >= 15 is 0 Å². The summed E-state index contributed by atoms with van der Waals surface area (Å²) in [5, 5.41) is 25.8.